The Morgan fingerprint density at radius 1 is 1.04 bits per heavy atom. The van der Waals surface area contributed by atoms with Crippen LogP contribution < -0.4 is 10.1 Å². The van der Waals surface area contributed by atoms with Gasteiger partial charge in [-0.05, 0) is 24.3 Å². The quantitative estimate of drug-likeness (QED) is 0.384. The molecule has 0 aliphatic heterocycles. The lowest BCUT2D eigenvalue weighted by atomic mass is 10.1. The lowest BCUT2D eigenvalue weighted by Gasteiger charge is -2.09. The second-order valence-corrected chi connectivity index (χ2v) is 5.98. The SMILES string of the molecule is O=C(COC(=O)c1cc(Cl)nc2ccccc12)NCCOc1ccccc1. The maximum Gasteiger partial charge on any atom is 0.339 e. The highest BCUT2D eigenvalue weighted by Crippen LogP contribution is 2.21. The Bertz CT molecular complexity index is 947. The van der Waals surface area contributed by atoms with E-state index in [9.17, 15) is 9.59 Å². The molecule has 0 fully saturated rings. The summed E-state index contributed by atoms with van der Waals surface area (Å²) in [4.78, 5) is 28.3. The van der Waals surface area contributed by atoms with E-state index in [1.165, 1.54) is 6.07 Å². The third-order valence-electron chi connectivity index (χ3n) is 3.68. The minimum absolute atomic E-state index is 0.183. The summed E-state index contributed by atoms with van der Waals surface area (Å²) in [5, 5.41) is 3.43. The topological polar surface area (TPSA) is 77.5 Å². The Morgan fingerprint density at radius 2 is 1.78 bits per heavy atom. The summed E-state index contributed by atoms with van der Waals surface area (Å²) < 4.78 is 10.6. The van der Waals surface area contributed by atoms with Gasteiger partial charge < -0.3 is 14.8 Å². The number of carbonyl (C=O) groups excluding carboxylic acids is 2. The maximum absolute atomic E-state index is 12.3. The molecule has 3 rings (SSSR count). The molecule has 0 radical (unpaired) electrons. The monoisotopic (exact) mass is 384 g/mol. The highest BCUT2D eigenvalue weighted by atomic mass is 35.5. The molecular weight excluding hydrogens is 368 g/mol. The number of halogens is 1. The zero-order valence-corrected chi connectivity index (χ0v) is 15.1. The van der Waals surface area contributed by atoms with E-state index < -0.39 is 18.5 Å². The Labute approximate surface area is 161 Å². The van der Waals surface area contributed by atoms with Gasteiger partial charge in [0.25, 0.3) is 5.91 Å². The predicted molar refractivity (Wildman–Crippen MR) is 102 cm³/mol. The number of pyridine rings is 1. The Kier molecular flexibility index (Phi) is 6.22. The number of nitrogens with zero attached hydrogens (tertiary/aromatic N) is 1. The minimum atomic E-state index is -0.633. The molecule has 3 aromatic rings. The van der Waals surface area contributed by atoms with Gasteiger partial charge in [-0.1, -0.05) is 48.0 Å². The van der Waals surface area contributed by atoms with E-state index in [0.29, 0.717) is 24.1 Å². The molecule has 27 heavy (non-hydrogen) atoms. The summed E-state index contributed by atoms with van der Waals surface area (Å²) in [5.41, 5.74) is 0.852. The maximum atomic E-state index is 12.3. The van der Waals surface area contributed by atoms with Crippen LogP contribution in [0.25, 0.3) is 10.9 Å². The summed E-state index contributed by atoms with van der Waals surface area (Å²) in [6.45, 7) is 0.224. The van der Waals surface area contributed by atoms with Gasteiger partial charge in [0.15, 0.2) is 6.61 Å². The van der Waals surface area contributed by atoms with E-state index in [-0.39, 0.29) is 10.7 Å². The van der Waals surface area contributed by atoms with E-state index in [1.807, 2.05) is 30.3 Å². The summed E-state index contributed by atoms with van der Waals surface area (Å²) >= 11 is 5.95. The van der Waals surface area contributed by atoms with E-state index >= 15 is 0 Å². The number of rotatable bonds is 7. The zero-order chi connectivity index (χ0) is 19.1. The van der Waals surface area contributed by atoms with E-state index in [4.69, 9.17) is 21.1 Å². The van der Waals surface area contributed by atoms with E-state index in [1.54, 1.807) is 24.3 Å². The van der Waals surface area contributed by atoms with E-state index in [2.05, 4.69) is 10.3 Å². The number of fused-ring (bicyclic) bond motifs is 1. The van der Waals surface area contributed by atoms with Gasteiger partial charge in [-0.2, -0.15) is 0 Å². The molecule has 138 valence electrons. The highest BCUT2D eigenvalue weighted by molar-refractivity contribution is 6.30. The van der Waals surface area contributed by atoms with Crippen molar-refractivity contribution in [3.05, 3.63) is 71.4 Å². The number of carbonyl (C=O) groups is 2. The first kappa shape index (κ1) is 18.7. The number of nitrogens with one attached hydrogen (secondary N) is 1. The number of esters is 1. The van der Waals surface area contributed by atoms with Gasteiger partial charge in [0, 0.05) is 5.39 Å². The Balaban J connectivity index is 1.48. The van der Waals surface area contributed by atoms with Gasteiger partial charge in [-0.15, -0.1) is 0 Å². The lowest BCUT2D eigenvalue weighted by molar-refractivity contribution is -0.124. The Morgan fingerprint density at radius 3 is 2.59 bits per heavy atom. The molecule has 0 aliphatic rings. The summed E-state index contributed by atoms with van der Waals surface area (Å²) in [6, 6.07) is 17.8. The average Bonchev–Trinajstić information content (AvgIpc) is 2.69. The predicted octanol–water partition coefficient (Wildman–Crippen LogP) is 3.24. The molecule has 0 unspecified atom stereocenters. The normalized spacial score (nSPS) is 10.4. The van der Waals surface area contributed by atoms with E-state index in [0.717, 1.165) is 5.75 Å². The van der Waals surface area contributed by atoms with Crippen molar-refractivity contribution < 1.29 is 19.1 Å². The number of para-hydroxylation sites is 2. The van der Waals surface area contributed by atoms with Gasteiger partial charge in [-0.25, -0.2) is 9.78 Å². The zero-order valence-electron chi connectivity index (χ0n) is 14.4. The van der Waals surface area contributed by atoms with Gasteiger partial charge in [0.2, 0.25) is 0 Å². The highest BCUT2D eigenvalue weighted by Gasteiger charge is 2.15. The van der Waals surface area contributed by atoms with Gasteiger partial charge >= 0.3 is 5.97 Å². The fourth-order valence-corrected chi connectivity index (χ4v) is 2.65. The van der Waals surface area contributed by atoms with Gasteiger partial charge in [0.05, 0.1) is 17.6 Å². The van der Waals surface area contributed by atoms with Crippen LogP contribution in [0.15, 0.2) is 60.7 Å². The summed E-state index contributed by atoms with van der Waals surface area (Å²) in [7, 11) is 0. The van der Waals surface area contributed by atoms with Gasteiger partial charge in [-0.3, -0.25) is 4.79 Å². The summed E-state index contributed by atoms with van der Waals surface area (Å²) in [5.74, 6) is -0.324. The Hall–Kier alpha value is -3.12. The average molecular weight is 385 g/mol. The van der Waals surface area contributed by atoms with Crippen LogP contribution in [0, 0.1) is 0 Å². The van der Waals surface area contributed by atoms with Crippen LogP contribution in [0.3, 0.4) is 0 Å². The second kappa shape index (κ2) is 9.00. The molecule has 0 saturated heterocycles. The molecule has 0 bridgehead atoms. The van der Waals surface area contributed by atoms with Crippen LogP contribution >= 0.6 is 11.6 Å². The molecule has 1 aromatic heterocycles. The number of benzene rings is 2. The molecule has 0 saturated carbocycles. The molecule has 0 spiro atoms. The third-order valence-corrected chi connectivity index (χ3v) is 3.87. The fraction of sp³-hybridized carbons (Fsp3) is 0.150. The number of hydrogen-bond acceptors (Lipinski definition) is 5. The second-order valence-electron chi connectivity index (χ2n) is 5.60. The molecule has 7 heteroatoms. The van der Waals surface area contributed by atoms with Crippen molar-refractivity contribution in [3.63, 3.8) is 0 Å². The standard InChI is InChI=1S/C20H17ClN2O4/c21-18-12-16(15-8-4-5-9-17(15)23-18)20(25)27-13-19(24)22-10-11-26-14-6-2-1-3-7-14/h1-9,12H,10-11,13H2,(H,22,24). The molecule has 6 nitrogen and oxygen atoms in total. The van der Waals surface area contributed by atoms with Crippen molar-refractivity contribution in [3.8, 4) is 5.75 Å². The first-order chi connectivity index (χ1) is 13.1. The van der Waals surface area contributed by atoms with Crippen LogP contribution in [-0.4, -0.2) is 36.6 Å². The molecule has 1 N–H and O–H groups in total. The van der Waals surface area contributed by atoms with Crippen molar-refractivity contribution in [1.29, 1.82) is 0 Å². The van der Waals surface area contributed by atoms with Crippen LogP contribution in [0.5, 0.6) is 5.75 Å². The first-order valence-corrected chi connectivity index (χ1v) is 8.68. The van der Waals surface area contributed by atoms with Crippen molar-refractivity contribution in [1.82, 2.24) is 10.3 Å². The first-order valence-electron chi connectivity index (χ1n) is 8.30. The molecular formula is C20H17ClN2O4. The molecule has 0 atom stereocenters. The minimum Gasteiger partial charge on any atom is -0.492 e. The number of hydrogen-bond donors (Lipinski definition) is 1. The van der Waals surface area contributed by atoms with Crippen LogP contribution in [0.4, 0.5) is 0 Å². The number of amides is 1. The van der Waals surface area contributed by atoms with Crippen molar-refractivity contribution >= 4 is 34.4 Å². The largest absolute Gasteiger partial charge is 0.492 e. The van der Waals surface area contributed by atoms with Crippen molar-refractivity contribution in [2.45, 2.75) is 0 Å². The fourth-order valence-electron chi connectivity index (χ4n) is 2.45. The smallest absolute Gasteiger partial charge is 0.339 e. The van der Waals surface area contributed by atoms with Gasteiger partial charge in [0.1, 0.15) is 17.5 Å². The number of aromatic nitrogens is 1. The molecule has 1 heterocycles. The summed E-state index contributed by atoms with van der Waals surface area (Å²) in [6.07, 6.45) is 0. The number of ether oxygens (including phenoxy) is 2. The molecule has 2 aromatic carbocycles. The van der Waals surface area contributed by atoms with Crippen molar-refractivity contribution in [2.24, 2.45) is 0 Å². The van der Waals surface area contributed by atoms with Crippen molar-refractivity contribution in [2.75, 3.05) is 19.8 Å². The molecule has 0 aliphatic carbocycles. The molecule has 1 amide bonds. The van der Waals surface area contributed by atoms with Crippen LogP contribution in [0.1, 0.15) is 10.4 Å². The third kappa shape index (κ3) is 5.18. The van der Waals surface area contributed by atoms with Crippen LogP contribution in [0.2, 0.25) is 5.15 Å². The van der Waals surface area contributed by atoms with Crippen LogP contribution in [-0.2, 0) is 9.53 Å². The lowest BCUT2D eigenvalue weighted by Crippen LogP contribution is -2.32.